The molecule has 0 aliphatic carbocycles. The van der Waals surface area contributed by atoms with Crippen LogP contribution in [0, 0.1) is 0 Å². The Kier molecular flexibility index (Phi) is 4.41. The monoisotopic (exact) mass is 373 g/mol. The molecular weight excluding hydrogens is 350 g/mol. The summed E-state index contributed by atoms with van der Waals surface area (Å²) in [7, 11) is 2.20. The molecular formula is C22H23N5O. The van der Waals surface area contributed by atoms with E-state index in [2.05, 4.69) is 56.5 Å². The highest BCUT2D eigenvalue weighted by atomic mass is 16.5. The molecule has 4 aromatic rings. The van der Waals surface area contributed by atoms with Gasteiger partial charge in [0, 0.05) is 35.1 Å². The largest absolute Gasteiger partial charge is 0.361 e. The number of nitrogens with zero attached hydrogens (tertiary/aromatic N) is 4. The smallest absolute Gasteiger partial charge is 0.231 e. The van der Waals surface area contributed by atoms with Crippen molar-refractivity contribution in [1.29, 1.82) is 0 Å². The number of pyridine rings is 1. The van der Waals surface area contributed by atoms with Crippen molar-refractivity contribution in [1.82, 2.24) is 25.0 Å². The van der Waals surface area contributed by atoms with E-state index in [9.17, 15) is 0 Å². The first-order chi connectivity index (χ1) is 13.8. The van der Waals surface area contributed by atoms with E-state index in [0.29, 0.717) is 24.1 Å². The number of likely N-dealkylation sites (tertiary alicyclic amines) is 1. The first kappa shape index (κ1) is 17.1. The van der Waals surface area contributed by atoms with E-state index in [-0.39, 0.29) is 0 Å². The first-order valence-electron chi connectivity index (χ1n) is 9.78. The highest BCUT2D eigenvalue weighted by Crippen LogP contribution is 2.33. The third kappa shape index (κ3) is 3.31. The van der Waals surface area contributed by atoms with Gasteiger partial charge in [-0.05, 0) is 74.3 Å². The van der Waals surface area contributed by atoms with Crippen LogP contribution >= 0.6 is 0 Å². The summed E-state index contributed by atoms with van der Waals surface area (Å²) in [5.41, 5.74) is 4.68. The van der Waals surface area contributed by atoms with Crippen LogP contribution in [-0.2, 0) is 6.42 Å². The highest BCUT2D eigenvalue weighted by molar-refractivity contribution is 5.84. The van der Waals surface area contributed by atoms with Gasteiger partial charge in [-0.25, -0.2) is 0 Å². The fourth-order valence-corrected chi connectivity index (χ4v) is 4.07. The van der Waals surface area contributed by atoms with Crippen LogP contribution in [0.3, 0.4) is 0 Å². The van der Waals surface area contributed by atoms with Crippen molar-refractivity contribution in [3.05, 3.63) is 65.9 Å². The van der Waals surface area contributed by atoms with Gasteiger partial charge in [-0.15, -0.1) is 0 Å². The lowest BCUT2D eigenvalue weighted by molar-refractivity contribution is 0.256. The van der Waals surface area contributed by atoms with Crippen molar-refractivity contribution in [2.45, 2.75) is 25.2 Å². The Labute approximate surface area is 163 Å². The molecule has 1 aliphatic rings. The Balaban J connectivity index is 1.39. The van der Waals surface area contributed by atoms with Gasteiger partial charge in [0.05, 0.1) is 6.42 Å². The molecule has 28 heavy (non-hydrogen) atoms. The van der Waals surface area contributed by atoms with E-state index < -0.39 is 0 Å². The number of hydrogen-bond acceptors (Lipinski definition) is 5. The Hall–Kier alpha value is -2.99. The number of H-pyrrole nitrogens is 1. The van der Waals surface area contributed by atoms with Crippen LogP contribution in [0.5, 0.6) is 0 Å². The Bertz CT molecular complexity index is 1080. The molecule has 0 atom stereocenters. The van der Waals surface area contributed by atoms with Gasteiger partial charge in [0.15, 0.2) is 0 Å². The van der Waals surface area contributed by atoms with Crippen molar-refractivity contribution in [3.8, 4) is 11.4 Å². The SMILES string of the molecule is CN1CCC(c2c[nH]c3ccc(Cc4nc(-c5cccnc5)no4)cc23)CC1. The van der Waals surface area contributed by atoms with Gasteiger partial charge in [0.1, 0.15) is 0 Å². The van der Waals surface area contributed by atoms with Gasteiger partial charge in [0.2, 0.25) is 11.7 Å². The molecule has 1 aliphatic heterocycles. The normalized spacial score (nSPS) is 16.0. The second-order valence-corrected chi connectivity index (χ2v) is 7.63. The predicted molar refractivity (Wildman–Crippen MR) is 108 cm³/mol. The van der Waals surface area contributed by atoms with Gasteiger partial charge in [-0.3, -0.25) is 4.98 Å². The highest BCUT2D eigenvalue weighted by Gasteiger charge is 2.21. The fourth-order valence-electron chi connectivity index (χ4n) is 4.07. The van der Waals surface area contributed by atoms with Gasteiger partial charge in [0.25, 0.3) is 0 Å². The topological polar surface area (TPSA) is 70.8 Å². The van der Waals surface area contributed by atoms with Crippen molar-refractivity contribution in [2.24, 2.45) is 0 Å². The summed E-state index contributed by atoms with van der Waals surface area (Å²) in [6.45, 7) is 2.33. The number of aromatic amines is 1. The molecule has 6 heteroatoms. The van der Waals surface area contributed by atoms with Crippen LogP contribution in [0.2, 0.25) is 0 Å². The van der Waals surface area contributed by atoms with Crippen LogP contribution in [-0.4, -0.2) is 45.1 Å². The Morgan fingerprint density at radius 2 is 2.11 bits per heavy atom. The summed E-state index contributed by atoms with van der Waals surface area (Å²) in [5.74, 6) is 1.83. The third-order valence-electron chi connectivity index (χ3n) is 5.68. The van der Waals surface area contributed by atoms with E-state index in [0.717, 1.165) is 18.7 Å². The van der Waals surface area contributed by atoms with Crippen LogP contribution in [0.4, 0.5) is 0 Å². The van der Waals surface area contributed by atoms with Crippen LogP contribution < -0.4 is 0 Å². The van der Waals surface area contributed by atoms with E-state index in [1.54, 1.807) is 12.4 Å². The maximum Gasteiger partial charge on any atom is 0.231 e. The molecule has 1 aromatic carbocycles. The lowest BCUT2D eigenvalue weighted by atomic mass is 9.89. The van der Waals surface area contributed by atoms with E-state index in [1.807, 2.05) is 12.1 Å². The van der Waals surface area contributed by atoms with Gasteiger partial charge in [-0.1, -0.05) is 11.2 Å². The fraction of sp³-hybridized carbons (Fsp3) is 0.318. The van der Waals surface area contributed by atoms with E-state index in [4.69, 9.17) is 4.52 Å². The van der Waals surface area contributed by atoms with Crippen LogP contribution in [0.25, 0.3) is 22.3 Å². The molecule has 0 spiro atoms. The molecule has 6 nitrogen and oxygen atoms in total. The minimum atomic E-state index is 0.581. The minimum absolute atomic E-state index is 0.581. The predicted octanol–water partition coefficient (Wildman–Crippen LogP) is 4.01. The Morgan fingerprint density at radius 3 is 2.93 bits per heavy atom. The summed E-state index contributed by atoms with van der Waals surface area (Å²) in [4.78, 5) is 14.5. The number of rotatable bonds is 4. The lowest BCUT2D eigenvalue weighted by Crippen LogP contribution is -2.29. The second kappa shape index (κ2) is 7.20. The third-order valence-corrected chi connectivity index (χ3v) is 5.68. The summed E-state index contributed by atoms with van der Waals surface area (Å²) in [5, 5.41) is 5.41. The summed E-state index contributed by atoms with van der Waals surface area (Å²) < 4.78 is 5.47. The maximum atomic E-state index is 5.47. The quantitative estimate of drug-likeness (QED) is 0.585. The van der Waals surface area contributed by atoms with Crippen LogP contribution in [0.1, 0.15) is 35.8 Å². The summed E-state index contributed by atoms with van der Waals surface area (Å²) >= 11 is 0. The van der Waals surface area contributed by atoms with Gasteiger partial charge < -0.3 is 14.4 Å². The second-order valence-electron chi connectivity index (χ2n) is 7.63. The summed E-state index contributed by atoms with van der Waals surface area (Å²) in [6, 6.07) is 10.4. The number of hydrogen-bond donors (Lipinski definition) is 1. The summed E-state index contributed by atoms with van der Waals surface area (Å²) in [6.07, 6.45) is 8.73. The minimum Gasteiger partial charge on any atom is -0.361 e. The lowest BCUT2D eigenvalue weighted by Gasteiger charge is -2.28. The molecule has 0 unspecified atom stereocenters. The zero-order chi connectivity index (χ0) is 18.9. The average molecular weight is 373 g/mol. The molecule has 1 saturated heterocycles. The number of fused-ring (bicyclic) bond motifs is 1. The molecule has 0 amide bonds. The zero-order valence-corrected chi connectivity index (χ0v) is 15.9. The molecule has 1 N–H and O–H groups in total. The number of benzene rings is 1. The van der Waals surface area contributed by atoms with Crippen molar-refractivity contribution < 1.29 is 4.52 Å². The van der Waals surface area contributed by atoms with Crippen LogP contribution in [0.15, 0.2) is 53.4 Å². The van der Waals surface area contributed by atoms with Crippen molar-refractivity contribution in [3.63, 3.8) is 0 Å². The maximum absolute atomic E-state index is 5.47. The Morgan fingerprint density at radius 1 is 1.21 bits per heavy atom. The molecule has 0 saturated carbocycles. The first-order valence-corrected chi connectivity index (χ1v) is 9.78. The van der Waals surface area contributed by atoms with Gasteiger partial charge >= 0.3 is 0 Å². The zero-order valence-electron chi connectivity index (χ0n) is 15.9. The molecule has 0 radical (unpaired) electrons. The van der Waals surface area contributed by atoms with Crippen molar-refractivity contribution >= 4 is 10.9 Å². The average Bonchev–Trinajstić information content (AvgIpc) is 3.36. The molecule has 142 valence electrons. The molecule has 4 heterocycles. The van der Waals surface area contributed by atoms with E-state index in [1.165, 1.54) is 34.9 Å². The van der Waals surface area contributed by atoms with E-state index >= 15 is 0 Å². The number of piperidine rings is 1. The standard InChI is InChI=1S/C22H23N5O/c1-27-9-6-16(7-10-27)19-14-24-20-5-4-15(11-18(19)20)12-21-25-22(26-28-21)17-3-2-8-23-13-17/h2-5,8,11,13-14,16,24H,6-7,9-10,12H2,1H3. The molecule has 5 rings (SSSR count). The molecule has 0 bridgehead atoms. The molecule has 1 fully saturated rings. The van der Waals surface area contributed by atoms with Crippen molar-refractivity contribution in [2.75, 3.05) is 20.1 Å². The number of nitrogens with one attached hydrogen (secondary N) is 1. The number of aromatic nitrogens is 4. The van der Waals surface area contributed by atoms with Gasteiger partial charge in [-0.2, -0.15) is 4.98 Å². The molecule has 3 aromatic heterocycles.